The zero-order chi connectivity index (χ0) is 12.1. The van der Waals surface area contributed by atoms with Crippen LogP contribution in [0.25, 0.3) is 0 Å². The molecule has 0 heterocycles. The molecule has 2 N–H and O–H groups in total. The van der Waals surface area contributed by atoms with E-state index in [0.717, 1.165) is 0 Å². The van der Waals surface area contributed by atoms with Crippen molar-refractivity contribution in [1.29, 1.82) is 0 Å². The summed E-state index contributed by atoms with van der Waals surface area (Å²) >= 11 is 0. The van der Waals surface area contributed by atoms with E-state index in [0.29, 0.717) is 11.1 Å². The lowest BCUT2D eigenvalue weighted by Crippen LogP contribution is -2.15. The number of carboxylic acid groups (broad SMARTS) is 2. The van der Waals surface area contributed by atoms with E-state index in [1.807, 2.05) is 0 Å². The van der Waals surface area contributed by atoms with Crippen molar-refractivity contribution in [3.05, 3.63) is 35.4 Å². The summed E-state index contributed by atoms with van der Waals surface area (Å²) in [6.07, 6.45) is 4.72. The molecule has 0 saturated heterocycles. The molecule has 1 aromatic rings. The molecule has 16 heavy (non-hydrogen) atoms. The summed E-state index contributed by atoms with van der Waals surface area (Å²) in [7, 11) is 0. The summed E-state index contributed by atoms with van der Waals surface area (Å²) in [6, 6.07) is 6.26. The van der Waals surface area contributed by atoms with Crippen molar-refractivity contribution >= 4 is 11.9 Å². The summed E-state index contributed by atoms with van der Waals surface area (Å²) < 4.78 is 0. The largest absolute Gasteiger partial charge is 0.481 e. The van der Waals surface area contributed by atoms with Crippen molar-refractivity contribution in [3.8, 4) is 12.3 Å². The minimum atomic E-state index is -1.16. The molecule has 0 amide bonds. The van der Waals surface area contributed by atoms with Crippen LogP contribution in [0.4, 0.5) is 0 Å². The van der Waals surface area contributed by atoms with Gasteiger partial charge in [0.25, 0.3) is 0 Å². The van der Waals surface area contributed by atoms with Crippen LogP contribution in [0.5, 0.6) is 0 Å². The van der Waals surface area contributed by atoms with Gasteiger partial charge in [-0.05, 0) is 17.7 Å². The maximum absolute atomic E-state index is 10.9. The van der Waals surface area contributed by atoms with Gasteiger partial charge in [-0.25, -0.2) is 0 Å². The third kappa shape index (κ3) is 2.85. The highest BCUT2D eigenvalue weighted by Crippen LogP contribution is 2.20. The third-order valence-corrected chi connectivity index (χ3v) is 2.16. The Balaban J connectivity index is 2.98. The van der Waals surface area contributed by atoms with Crippen LogP contribution in [-0.4, -0.2) is 22.2 Å². The van der Waals surface area contributed by atoms with Crippen LogP contribution in [0.1, 0.15) is 23.5 Å². The van der Waals surface area contributed by atoms with Crippen LogP contribution >= 0.6 is 0 Å². The number of hydrogen-bond donors (Lipinski definition) is 2. The first-order valence-electron chi connectivity index (χ1n) is 4.55. The van der Waals surface area contributed by atoms with Gasteiger partial charge in [0, 0.05) is 5.56 Å². The minimum Gasteiger partial charge on any atom is -0.481 e. The first-order valence-corrected chi connectivity index (χ1v) is 4.55. The maximum atomic E-state index is 10.9. The zero-order valence-electron chi connectivity index (χ0n) is 8.38. The molecule has 0 spiro atoms. The lowest BCUT2D eigenvalue weighted by atomic mass is 9.95. The van der Waals surface area contributed by atoms with Gasteiger partial charge < -0.3 is 10.2 Å². The molecular formula is C12H10O4. The molecule has 0 fully saturated rings. The fourth-order valence-electron chi connectivity index (χ4n) is 1.33. The average molecular weight is 218 g/mol. The molecule has 0 aliphatic carbocycles. The van der Waals surface area contributed by atoms with Gasteiger partial charge in [-0.1, -0.05) is 18.1 Å². The summed E-state index contributed by atoms with van der Waals surface area (Å²) in [5, 5.41) is 17.5. The van der Waals surface area contributed by atoms with E-state index >= 15 is 0 Å². The smallest absolute Gasteiger partial charge is 0.311 e. The molecule has 1 rings (SSSR count). The van der Waals surface area contributed by atoms with Gasteiger partial charge in [-0.2, -0.15) is 0 Å². The molecule has 0 aliphatic rings. The molecule has 82 valence electrons. The normalized spacial score (nSPS) is 11.4. The fourth-order valence-corrected chi connectivity index (χ4v) is 1.33. The van der Waals surface area contributed by atoms with Crippen molar-refractivity contribution < 1.29 is 19.8 Å². The molecule has 4 heteroatoms. The van der Waals surface area contributed by atoms with Gasteiger partial charge in [0.15, 0.2) is 0 Å². The Kier molecular flexibility index (Phi) is 3.67. The number of rotatable bonds is 4. The van der Waals surface area contributed by atoms with Crippen molar-refractivity contribution in [2.24, 2.45) is 0 Å². The van der Waals surface area contributed by atoms with Gasteiger partial charge in [0.2, 0.25) is 0 Å². The van der Waals surface area contributed by atoms with Gasteiger partial charge in [0.05, 0.1) is 12.3 Å². The van der Waals surface area contributed by atoms with E-state index in [-0.39, 0.29) is 0 Å². The third-order valence-electron chi connectivity index (χ3n) is 2.16. The van der Waals surface area contributed by atoms with Gasteiger partial charge >= 0.3 is 11.9 Å². The van der Waals surface area contributed by atoms with Gasteiger partial charge in [-0.15, -0.1) is 6.42 Å². The second kappa shape index (κ2) is 4.99. The van der Waals surface area contributed by atoms with E-state index in [4.69, 9.17) is 16.6 Å². The van der Waals surface area contributed by atoms with Crippen molar-refractivity contribution in [2.45, 2.75) is 12.3 Å². The molecule has 0 aromatic heterocycles. The number of aliphatic carboxylic acids is 2. The molecule has 1 atom stereocenters. The van der Waals surface area contributed by atoms with E-state index < -0.39 is 24.3 Å². The Labute approximate surface area is 92.5 Å². The quantitative estimate of drug-likeness (QED) is 0.747. The predicted molar refractivity (Wildman–Crippen MR) is 57.0 cm³/mol. The van der Waals surface area contributed by atoms with Crippen molar-refractivity contribution in [2.75, 3.05) is 0 Å². The SMILES string of the molecule is C#Cc1ccc(C(CC(=O)O)C(=O)O)cc1. The predicted octanol–water partition coefficient (Wildman–Crippen LogP) is 1.31. The second-order valence-corrected chi connectivity index (χ2v) is 3.26. The van der Waals surface area contributed by atoms with Crippen LogP contribution in [0.2, 0.25) is 0 Å². The number of carbonyl (C=O) groups is 2. The van der Waals surface area contributed by atoms with Gasteiger partial charge in [0.1, 0.15) is 0 Å². The Morgan fingerprint density at radius 3 is 2.19 bits per heavy atom. The summed E-state index contributed by atoms with van der Waals surface area (Å²) in [4.78, 5) is 21.4. The Hall–Kier alpha value is -2.28. The minimum absolute atomic E-state index is 0.439. The number of benzene rings is 1. The topological polar surface area (TPSA) is 74.6 Å². The number of terminal acetylenes is 1. The number of hydrogen-bond acceptors (Lipinski definition) is 2. The summed E-state index contributed by atoms with van der Waals surface area (Å²) in [5.74, 6) is -0.940. The van der Waals surface area contributed by atoms with Gasteiger partial charge in [-0.3, -0.25) is 9.59 Å². The zero-order valence-corrected chi connectivity index (χ0v) is 8.38. The molecule has 0 saturated carbocycles. The maximum Gasteiger partial charge on any atom is 0.311 e. The van der Waals surface area contributed by atoms with Crippen LogP contribution in [0.3, 0.4) is 0 Å². The highest BCUT2D eigenvalue weighted by Gasteiger charge is 2.22. The Morgan fingerprint density at radius 2 is 1.81 bits per heavy atom. The first-order chi connectivity index (χ1) is 7.54. The van der Waals surface area contributed by atoms with Crippen LogP contribution in [-0.2, 0) is 9.59 Å². The Morgan fingerprint density at radius 1 is 1.25 bits per heavy atom. The van der Waals surface area contributed by atoms with E-state index in [1.54, 1.807) is 12.1 Å². The van der Waals surface area contributed by atoms with E-state index in [1.165, 1.54) is 12.1 Å². The second-order valence-electron chi connectivity index (χ2n) is 3.26. The fraction of sp³-hybridized carbons (Fsp3) is 0.167. The highest BCUT2D eigenvalue weighted by atomic mass is 16.4. The average Bonchev–Trinajstić information content (AvgIpc) is 2.25. The van der Waals surface area contributed by atoms with Crippen molar-refractivity contribution in [3.63, 3.8) is 0 Å². The number of carboxylic acids is 2. The van der Waals surface area contributed by atoms with Crippen LogP contribution < -0.4 is 0 Å². The molecule has 4 nitrogen and oxygen atoms in total. The summed E-state index contributed by atoms with van der Waals surface area (Å²) in [5.41, 5.74) is 1.07. The van der Waals surface area contributed by atoms with E-state index in [9.17, 15) is 9.59 Å². The molecule has 0 aliphatic heterocycles. The standard InChI is InChI=1S/C12H10O4/c1-2-8-3-5-9(6-4-8)10(12(15)16)7-11(13)14/h1,3-6,10H,7H2,(H,13,14)(H,15,16). The summed E-state index contributed by atoms with van der Waals surface area (Å²) in [6.45, 7) is 0. The monoisotopic (exact) mass is 218 g/mol. The van der Waals surface area contributed by atoms with Crippen molar-refractivity contribution in [1.82, 2.24) is 0 Å². The molecule has 0 bridgehead atoms. The lowest BCUT2D eigenvalue weighted by Gasteiger charge is -2.09. The molecular weight excluding hydrogens is 208 g/mol. The first kappa shape index (κ1) is 11.8. The lowest BCUT2D eigenvalue weighted by molar-refractivity contribution is -0.145. The molecule has 1 unspecified atom stereocenters. The molecule has 0 radical (unpaired) electrons. The Bertz CT molecular complexity index is 439. The molecule has 1 aromatic carbocycles. The van der Waals surface area contributed by atoms with Crippen LogP contribution in [0, 0.1) is 12.3 Å². The highest BCUT2D eigenvalue weighted by molar-refractivity contribution is 5.82. The van der Waals surface area contributed by atoms with E-state index in [2.05, 4.69) is 5.92 Å². The van der Waals surface area contributed by atoms with Crippen LogP contribution in [0.15, 0.2) is 24.3 Å².